The van der Waals surface area contributed by atoms with Crippen LogP contribution >= 0.6 is 0 Å². The van der Waals surface area contributed by atoms with Crippen molar-refractivity contribution in [3.63, 3.8) is 0 Å². The summed E-state index contributed by atoms with van der Waals surface area (Å²) in [4.78, 5) is 21.1. The summed E-state index contributed by atoms with van der Waals surface area (Å²) in [5.74, 6) is 0.461. The van der Waals surface area contributed by atoms with Crippen LogP contribution in [-0.4, -0.2) is 17.9 Å². The third-order valence-electron chi connectivity index (χ3n) is 2.58. The van der Waals surface area contributed by atoms with Gasteiger partial charge in [0.25, 0.3) is 5.91 Å². The van der Waals surface area contributed by atoms with Gasteiger partial charge in [0.15, 0.2) is 5.75 Å². The smallest absolute Gasteiger partial charge is 0.253 e. The van der Waals surface area contributed by atoms with Gasteiger partial charge in [0.05, 0.1) is 11.3 Å². The molecule has 19 heavy (non-hydrogen) atoms. The van der Waals surface area contributed by atoms with Gasteiger partial charge < -0.3 is 10.2 Å². The number of amides is 1. The molecule has 0 aliphatic heterocycles. The molecule has 0 bridgehead atoms. The fourth-order valence-electron chi connectivity index (χ4n) is 1.59. The maximum Gasteiger partial charge on any atom is 0.253 e. The Labute approximate surface area is 111 Å². The molecule has 0 radical (unpaired) electrons. The van der Waals surface area contributed by atoms with Gasteiger partial charge in [-0.1, -0.05) is 11.6 Å². The van der Waals surface area contributed by atoms with Crippen LogP contribution in [-0.2, 0) is 0 Å². The Kier molecular flexibility index (Phi) is 3.97. The number of hydrogen-bond donors (Lipinski definition) is 2. The molecule has 98 valence electrons. The Hall–Kier alpha value is -2.56. The van der Waals surface area contributed by atoms with E-state index < -0.39 is 0 Å². The second-order valence-corrected chi connectivity index (χ2v) is 4.02. The minimum Gasteiger partial charge on any atom is -0.382 e. The predicted molar refractivity (Wildman–Crippen MR) is 73.1 cm³/mol. The monoisotopic (exact) mass is 257 g/mol. The van der Waals surface area contributed by atoms with Crippen molar-refractivity contribution >= 4 is 11.6 Å². The van der Waals surface area contributed by atoms with Crippen molar-refractivity contribution in [2.75, 3.05) is 12.5 Å². The molecule has 2 aromatic rings. The maximum absolute atomic E-state index is 11.8. The molecule has 0 spiro atoms. The molecule has 0 unspecified atom stereocenters. The minimum atomic E-state index is -0.162. The number of pyridine rings is 1. The normalized spacial score (nSPS) is 9.79. The summed E-state index contributed by atoms with van der Waals surface area (Å²) in [5.41, 5.74) is 4.94. The molecule has 1 amide bonds. The summed E-state index contributed by atoms with van der Waals surface area (Å²) in [5, 5.41) is 2.60. The van der Waals surface area contributed by atoms with Crippen molar-refractivity contribution in [1.29, 1.82) is 0 Å². The lowest BCUT2D eigenvalue weighted by Crippen LogP contribution is -2.20. The molecule has 2 rings (SSSR count). The topological polar surface area (TPSA) is 63.2 Å². The molecular weight excluding hydrogens is 242 g/mol. The first-order valence-electron chi connectivity index (χ1n) is 5.86. The molecule has 0 aliphatic carbocycles. The van der Waals surface area contributed by atoms with Gasteiger partial charge in [-0.3, -0.25) is 9.78 Å². The van der Waals surface area contributed by atoms with Crippen LogP contribution < -0.4 is 15.6 Å². The van der Waals surface area contributed by atoms with Crippen molar-refractivity contribution in [3.05, 3.63) is 53.9 Å². The predicted octanol–water partition coefficient (Wildman–Crippen LogP) is 2.16. The average Bonchev–Trinajstić information content (AvgIpc) is 2.46. The number of rotatable bonds is 4. The highest BCUT2D eigenvalue weighted by atomic mass is 16.6. The first-order chi connectivity index (χ1) is 9.20. The summed E-state index contributed by atoms with van der Waals surface area (Å²) < 4.78 is 0. The third kappa shape index (κ3) is 3.22. The van der Waals surface area contributed by atoms with Crippen LogP contribution in [0, 0.1) is 6.92 Å². The van der Waals surface area contributed by atoms with E-state index in [0.29, 0.717) is 17.0 Å². The summed E-state index contributed by atoms with van der Waals surface area (Å²) in [7, 11) is 1.60. The van der Waals surface area contributed by atoms with Gasteiger partial charge in [-0.25, -0.2) is 5.48 Å². The van der Waals surface area contributed by atoms with Crippen molar-refractivity contribution in [3.8, 4) is 5.75 Å². The molecule has 5 nitrogen and oxygen atoms in total. The number of benzene rings is 1. The minimum absolute atomic E-state index is 0.162. The van der Waals surface area contributed by atoms with E-state index in [1.54, 1.807) is 43.7 Å². The number of nitrogens with one attached hydrogen (secondary N) is 2. The highest BCUT2D eigenvalue weighted by molar-refractivity contribution is 5.99. The van der Waals surface area contributed by atoms with Crippen molar-refractivity contribution in [2.24, 2.45) is 0 Å². The van der Waals surface area contributed by atoms with Crippen LogP contribution in [0.2, 0.25) is 0 Å². The van der Waals surface area contributed by atoms with Gasteiger partial charge in [0, 0.05) is 31.6 Å². The molecule has 2 N–H and O–H groups in total. The zero-order valence-corrected chi connectivity index (χ0v) is 10.8. The van der Waals surface area contributed by atoms with Crippen LogP contribution in [0.1, 0.15) is 15.9 Å². The van der Waals surface area contributed by atoms with E-state index >= 15 is 0 Å². The zero-order chi connectivity index (χ0) is 13.7. The Balaban J connectivity index is 2.18. The Bertz CT molecular complexity index is 570. The first kappa shape index (κ1) is 12.9. The third-order valence-corrected chi connectivity index (χ3v) is 2.58. The number of nitrogens with zero attached hydrogens (tertiary/aromatic N) is 1. The Morgan fingerprint density at radius 1 is 1.21 bits per heavy atom. The number of aryl methyl sites for hydroxylation is 1. The van der Waals surface area contributed by atoms with E-state index in [2.05, 4.69) is 15.8 Å². The Morgan fingerprint density at radius 3 is 2.63 bits per heavy atom. The van der Waals surface area contributed by atoms with Crippen molar-refractivity contribution in [1.82, 2.24) is 10.3 Å². The molecule has 1 heterocycles. The molecule has 0 aliphatic rings. The number of carbonyl (C=O) groups excluding carboxylic acids is 1. The fraction of sp³-hybridized carbons (Fsp3) is 0.143. The SMILES string of the molecule is CNC(=O)c1cc(C)ccc1NOc1ccncc1. The summed E-state index contributed by atoms with van der Waals surface area (Å²) in [6.45, 7) is 1.93. The lowest BCUT2D eigenvalue weighted by Gasteiger charge is -2.12. The lowest BCUT2D eigenvalue weighted by molar-refractivity contribution is 0.0963. The molecule has 0 saturated heterocycles. The molecule has 1 aromatic heterocycles. The van der Waals surface area contributed by atoms with Crippen LogP contribution in [0.5, 0.6) is 5.75 Å². The quantitative estimate of drug-likeness (QED) is 0.824. The molecule has 5 heteroatoms. The number of aromatic nitrogens is 1. The molecular formula is C14H15N3O2. The van der Waals surface area contributed by atoms with Gasteiger partial charge in [0.2, 0.25) is 0 Å². The molecule has 0 saturated carbocycles. The van der Waals surface area contributed by atoms with Gasteiger partial charge in [-0.15, -0.1) is 0 Å². The first-order valence-corrected chi connectivity index (χ1v) is 5.86. The second-order valence-electron chi connectivity index (χ2n) is 4.02. The van der Waals surface area contributed by atoms with E-state index in [4.69, 9.17) is 4.84 Å². The van der Waals surface area contributed by atoms with Crippen LogP contribution in [0.15, 0.2) is 42.7 Å². The van der Waals surface area contributed by atoms with E-state index in [1.807, 2.05) is 13.0 Å². The second kappa shape index (κ2) is 5.86. The van der Waals surface area contributed by atoms with Gasteiger partial charge in [0.1, 0.15) is 0 Å². The lowest BCUT2D eigenvalue weighted by atomic mass is 10.1. The van der Waals surface area contributed by atoms with E-state index in [9.17, 15) is 4.79 Å². The van der Waals surface area contributed by atoms with Crippen LogP contribution in [0.25, 0.3) is 0 Å². The Morgan fingerprint density at radius 2 is 1.95 bits per heavy atom. The number of hydrogen-bond acceptors (Lipinski definition) is 4. The van der Waals surface area contributed by atoms with E-state index in [1.165, 1.54) is 0 Å². The van der Waals surface area contributed by atoms with Crippen molar-refractivity contribution < 1.29 is 9.63 Å². The molecule has 0 atom stereocenters. The van der Waals surface area contributed by atoms with Gasteiger partial charge in [-0.2, -0.15) is 0 Å². The molecule has 0 fully saturated rings. The van der Waals surface area contributed by atoms with Crippen molar-refractivity contribution in [2.45, 2.75) is 6.92 Å². The van der Waals surface area contributed by atoms with Gasteiger partial charge in [-0.05, 0) is 19.1 Å². The standard InChI is InChI=1S/C14H15N3O2/c1-10-3-4-13(12(9-10)14(18)15-2)17-19-11-5-7-16-8-6-11/h3-9,17H,1-2H3,(H,15,18). The van der Waals surface area contributed by atoms with Crippen LogP contribution in [0.3, 0.4) is 0 Å². The highest BCUT2D eigenvalue weighted by Crippen LogP contribution is 2.18. The highest BCUT2D eigenvalue weighted by Gasteiger charge is 2.10. The fourth-order valence-corrected chi connectivity index (χ4v) is 1.59. The number of carbonyl (C=O) groups is 1. The summed E-state index contributed by atoms with van der Waals surface area (Å²) in [6.07, 6.45) is 3.26. The average molecular weight is 257 g/mol. The number of anilines is 1. The van der Waals surface area contributed by atoms with E-state index in [0.717, 1.165) is 5.56 Å². The van der Waals surface area contributed by atoms with Crippen LogP contribution in [0.4, 0.5) is 5.69 Å². The largest absolute Gasteiger partial charge is 0.382 e. The molecule has 1 aromatic carbocycles. The maximum atomic E-state index is 11.8. The summed E-state index contributed by atoms with van der Waals surface area (Å²) >= 11 is 0. The van der Waals surface area contributed by atoms with Gasteiger partial charge >= 0.3 is 0 Å². The summed E-state index contributed by atoms with van der Waals surface area (Å²) in [6, 6.07) is 8.96. The van der Waals surface area contributed by atoms with E-state index in [-0.39, 0.29) is 5.91 Å². The zero-order valence-electron chi connectivity index (χ0n) is 10.8.